The number of rotatable bonds is 1. The molecule has 0 aliphatic carbocycles. The fraction of sp³-hybridized carbons (Fsp3) is 0.600. The summed E-state index contributed by atoms with van der Waals surface area (Å²) in [5, 5.41) is 0. The van der Waals surface area contributed by atoms with Crippen LogP contribution in [0.2, 0.25) is 0 Å². The monoisotopic (exact) mass is 67.1 g/mol. The van der Waals surface area contributed by atoms with E-state index in [2.05, 4.69) is 5.92 Å². The molecular formula is C5H7. The third-order valence-corrected chi connectivity index (χ3v) is 0.375. The molecule has 0 N–H and O–H groups in total. The highest BCUT2D eigenvalue weighted by molar-refractivity contribution is 4.72. The van der Waals surface area contributed by atoms with Gasteiger partial charge in [0.25, 0.3) is 0 Å². The Morgan fingerprint density at radius 1 is 1.80 bits per heavy atom. The number of unbranched alkanes of at least 4 members (excludes halogenated alkanes) is 1. The van der Waals surface area contributed by atoms with E-state index in [1.54, 1.807) is 0 Å². The predicted molar refractivity (Wildman–Crippen MR) is 22.0 cm³/mol. The Kier molecular flexibility index (Phi) is 3.25. The molecular weight excluding hydrogens is 60.1 g/mol. The van der Waals surface area contributed by atoms with Gasteiger partial charge in [-0.1, -0.05) is 12.8 Å². The molecule has 0 aromatic heterocycles. The van der Waals surface area contributed by atoms with Gasteiger partial charge in [0.15, 0.2) is 0 Å². The van der Waals surface area contributed by atoms with Gasteiger partial charge < -0.3 is 0 Å². The molecule has 0 saturated heterocycles. The van der Waals surface area contributed by atoms with E-state index in [1.165, 1.54) is 0 Å². The van der Waals surface area contributed by atoms with Crippen molar-refractivity contribution in [3.8, 4) is 5.92 Å². The van der Waals surface area contributed by atoms with E-state index in [1.807, 2.05) is 6.92 Å². The van der Waals surface area contributed by atoms with Crippen LogP contribution >= 0.6 is 0 Å². The first-order valence-corrected chi connectivity index (χ1v) is 1.81. The summed E-state index contributed by atoms with van der Waals surface area (Å²) in [6.45, 7) is 2.03. The standard InChI is InChI=1S/C5H7/c1-3-5-4-2/h3,5H2,1H3. The maximum Gasteiger partial charge on any atom is 0.00963 e. The van der Waals surface area contributed by atoms with E-state index in [9.17, 15) is 0 Å². The first-order valence-electron chi connectivity index (χ1n) is 1.81. The van der Waals surface area contributed by atoms with Crippen LogP contribution in [0.15, 0.2) is 0 Å². The summed E-state index contributed by atoms with van der Waals surface area (Å²) in [6.07, 6.45) is 8.20. The third kappa shape index (κ3) is 3.56. The van der Waals surface area contributed by atoms with Crippen molar-refractivity contribution >= 4 is 0 Å². The van der Waals surface area contributed by atoms with Gasteiger partial charge in [-0.15, -0.1) is 0 Å². The van der Waals surface area contributed by atoms with Crippen molar-refractivity contribution in [1.82, 2.24) is 0 Å². The van der Waals surface area contributed by atoms with Gasteiger partial charge in [-0.2, -0.15) is 0 Å². The largest absolute Gasteiger partial charge is 0.0891 e. The Bertz CT molecular complexity index is 38.5. The SMILES string of the molecule is [C]#CCCC. The van der Waals surface area contributed by atoms with Crippen LogP contribution in [0.25, 0.3) is 0 Å². The molecule has 0 rings (SSSR count). The van der Waals surface area contributed by atoms with E-state index in [0.717, 1.165) is 12.8 Å². The lowest BCUT2D eigenvalue weighted by Gasteiger charge is -1.68. The van der Waals surface area contributed by atoms with Crippen LogP contribution < -0.4 is 0 Å². The second-order valence-electron chi connectivity index (χ2n) is 0.927. The molecule has 0 bridgehead atoms. The molecule has 0 nitrogen and oxygen atoms in total. The van der Waals surface area contributed by atoms with E-state index in [-0.39, 0.29) is 0 Å². The van der Waals surface area contributed by atoms with Crippen molar-refractivity contribution in [3.63, 3.8) is 0 Å². The first kappa shape index (κ1) is 4.56. The van der Waals surface area contributed by atoms with Crippen molar-refractivity contribution in [2.24, 2.45) is 0 Å². The average molecular weight is 67.1 g/mol. The lowest BCUT2D eigenvalue weighted by molar-refractivity contribution is 0.983. The molecule has 0 saturated carbocycles. The summed E-state index contributed by atoms with van der Waals surface area (Å²) in [7, 11) is 0. The summed E-state index contributed by atoms with van der Waals surface area (Å²) in [5.41, 5.74) is 0. The maximum absolute atomic E-state index is 6.35. The molecule has 0 fully saturated rings. The van der Waals surface area contributed by atoms with E-state index in [4.69, 9.17) is 6.42 Å². The molecule has 0 aliphatic heterocycles. The molecule has 0 heteroatoms. The van der Waals surface area contributed by atoms with Gasteiger partial charge in [-0.3, -0.25) is 0 Å². The Hall–Kier alpha value is -0.440. The molecule has 0 heterocycles. The summed E-state index contributed by atoms with van der Waals surface area (Å²) in [6, 6.07) is 0. The molecule has 0 unspecified atom stereocenters. The van der Waals surface area contributed by atoms with Crippen molar-refractivity contribution in [3.05, 3.63) is 6.42 Å². The van der Waals surface area contributed by atoms with Crippen LogP contribution in [0.1, 0.15) is 19.8 Å². The average Bonchev–Trinajstić information content (AvgIpc) is 1.41. The topological polar surface area (TPSA) is 0 Å². The van der Waals surface area contributed by atoms with Crippen LogP contribution in [0.3, 0.4) is 0 Å². The Morgan fingerprint density at radius 2 is 2.40 bits per heavy atom. The lowest BCUT2D eigenvalue weighted by Crippen LogP contribution is -1.53. The Labute approximate surface area is 33.2 Å². The van der Waals surface area contributed by atoms with Crippen molar-refractivity contribution in [1.29, 1.82) is 0 Å². The highest BCUT2D eigenvalue weighted by atomic mass is 13.7. The smallest absolute Gasteiger partial charge is 0.00963 e. The van der Waals surface area contributed by atoms with Crippen molar-refractivity contribution < 1.29 is 0 Å². The van der Waals surface area contributed by atoms with Gasteiger partial charge >= 0.3 is 0 Å². The minimum atomic E-state index is 0.806. The zero-order valence-electron chi connectivity index (χ0n) is 3.41. The van der Waals surface area contributed by atoms with E-state index < -0.39 is 0 Å². The number of hydrogen-bond donors (Lipinski definition) is 0. The van der Waals surface area contributed by atoms with Crippen LogP contribution in [-0.4, -0.2) is 0 Å². The summed E-state index contributed by atoms with van der Waals surface area (Å²) >= 11 is 0. The number of hydrogen-bond acceptors (Lipinski definition) is 0. The zero-order valence-corrected chi connectivity index (χ0v) is 3.41. The molecule has 0 atom stereocenters. The highest BCUT2D eigenvalue weighted by Crippen LogP contribution is 1.77. The van der Waals surface area contributed by atoms with E-state index >= 15 is 0 Å². The summed E-state index contributed by atoms with van der Waals surface area (Å²) < 4.78 is 0. The van der Waals surface area contributed by atoms with Crippen LogP contribution in [0.5, 0.6) is 0 Å². The Morgan fingerprint density at radius 3 is 2.40 bits per heavy atom. The van der Waals surface area contributed by atoms with Gasteiger partial charge in [0.2, 0.25) is 0 Å². The maximum atomic E-state index is 6.35. The molecule has 0 aliphatic rings. The molecule has 1 radical (unpaired) electrons. The summed E-state index contributed by atoms with van der Waals surface area (Å²) in [5.74, 6) is 2.27. The lowest BCUT2D eigenvalue weighted by atomic mass is 10.4. The molecule has 27 valence electrons. The van der Waals surface area contributed by atoms with Gasteiger partial charge in [0.05, 0.1) is 0 Å². The van der Waals surface area contributed by atoms with Crippen LogP contribution in [0.4, 0.5) is 0 Å². The normalized spacial score (nSPS) is 6.40. The molecule has 0 spiro atoms. The third-order valence-electron chi connectivity index (χ3n) is 0.375. The highest BCUT2D eigenvalue weighted by Gasteiger charge is 1.62. The van der Waals surface area contributed by atoms with Gasteiger partial charge in [-0.25, -0.2) is 0 Å². The fourth-order valence-electron chi connectivity index (χ4n) is 0.125. The second-order valence-corrected chi connectivity index (χ2v) is 0.927. The second kappa shape index (κ2) is 3.56. The van der Waals surface area contributed by atoms with E-state index in [0.29, 0.717) is 0 Å². The van der Waals surface area contributed by atoms with Gasteiger partial charge in [-0.05, 0) is 12.8 Å². The Balaban J connectivity index is 2.48. The van der Waals surface area contributed by atoms with Crippen molar-refractivity contribution in [2.45, 2.75) is 19.8 Å². The molecule has 0 aromatic rings. The van der Waals surface area contributed by atoms with Gasteiger partial charge in [0.1, 0.15) is 0 Å². The quantitative estimate of drug-likeness (QED) is 0.406. The van der Waals surface area contributed by atoms with Crippen LogP contribution in [-0.2, 0) is 0 Å². The minimum Gasteiger partial charge on any atom is -0.0891 e. The summed E-state index contributed by atoms with van der Waals surface area (Å²) in [4.78, 5) is 0. The van der Waals surface area contributed by atoms with Gasteiger partial charge in [0, 0.05) is 6.42 Å². The molecule has 0 amide bonds. The fourth-order valence-corrected chi connectivity index (χ4v) is 0.125. The molecule has 5 heavy (non-hydrogen) atoms. The zero-order chi connectivity index (χ0) is 4.12. The first-order chi connectivity index (χ1) is 2.41. The predicted octanol–water partition coefficient (Wildman–Crippen LogP) is 1.38. The minimum absolute atomic E-state index is 0.806. The van der Waals surface area contributed by atoms with Crippen molar-refractivity contribution in [2.75, 3.05) is 0 Å². The molecule has 0 aromatic carbocycles. The van der Waals surface area contributed by atoms with Crippen LogP contribution in [0, 0.1) is 12.3 Å².